The Labute approximate surface area is 207 Å². The van der Waals surface area contributed by atoms with E-state index in [9.17, 15) is 4.79 Å². The van der Waals surface area contributed by atoms with Gasteiger partial charge in [-0.2, -0.15) is 0 Å². The van der Waals surface area contributed by atoms with Crippen molar-refractivity contribution in [2.45, 2.75) is 19.3 Å². The smallest absolute Gasteiger partial charge is 0.264 e. The molecule has 0 aliphatic rings. The van der Waals surface area contributed by atoms with Gasteiger partial charge >= 0.3 is 0 Å². The fraction of sp³-hybridized carbons (Fsp3) is 0.154. The van der Waals surface area contributed by atoms with Crippen LogP contribution in [0.15, 0.2) is 78.2 Å². The van der Waals surface area contributed by atoms with Gasteiger partial charge in [-0.1, -0.05) is 79.5 Å². The molecule has 168 valence electrons. The van der Waals surface area contributed by atoms with Crippen LogP contribution in [0.5, 0.6) is 5.75 Å². The lowest BCUT2D eigenvalue weighted by Gasteiger charge is -2.26. The molecule has 0 unspecified atom stereocenters. The summed E-state index contributed by atoms with van der Waals surface area (Å²) in [6.07, 6.45) is 0. The van der Waals surface area contributed by atoms with Crippen molar-refractivity contribution in [2.75, 3.05) is 11.9 Å². The summed E-state index contributed by atoms with van der Waals surface area (Å²) >= 11 is 13.5. The van der Waals surface area contributed by atoms with Gasteiger partial charge in [0, 0.05) is 21.4 Å². The number of benzene rings is 3. The van der Waals surface area contributed by atoms with Gasteiger partial charge in [0.05, 0.1) is 10.7 Å². The van der Waals surface area contributed by atoms with Crippen LogP contribution in [0.25, 0.3) is 11.3 Å². The Morgan fingerprint density at radius 2 is 1.70 bits per heavy atom. The van der Waals surface area contributed by atoms with Crippen molar-refractivity contribution in [1.82, 2.24) is 4.98 Å². The molecule has 1 aromatic heterocycles. The fourth-order valence-corrected chi connectivity index (χ4v) is 4.68. The average molecular weight is 497 g/mol. The minimum absolute atomic E-state index is 0.113. The Morgan fingerprint density at radius 3 is 2.39 bits per heavy atom. The van der Waals surface area contributed by atoms with E-state index in [0.717, 1.165) is 5.56 Å². The predicted molar refractivity (Wildman–Crippen MR) is 137 cm³/mol. The van der Waals surface area contributed by atoms with Gasteiger partial charge < -0.3 is 4.74 Å². The molecule has 7 heteroatoms. The lowest BCUT2D eigenvalue weighted by molar-refractivity contribution is -0.118. The van der Waals surface area contributed by atoms with Crippen LogP contribution in [0.1, 0.15) is 25.0 Å². The van der Waals surface area contributed by atoms with Crippen molar-refractivity contribution >= 4 is 45.6 Å². The summed E-state index contributed by atoms with van der Waals surface area (Å²) in [5.74, 6) is 0.345. The summed E-state index contributed by atoms with van der Waals surface area (Å²) in [7, 11) is 0. The van der Waals surface area contributed by atoms with Crippen molar-refractivity contribution in [2.24, 2.45) is 0 Å². The highest BCUT2D eigenvalue weighted by Crippen LogP contribution is 2.33. The molecule has 0 aliphatic heterocycles. The van der Waals surface area contributed by atoms with Gasteiger partial charge in [-0.3, -0.25) is 10.1 Å². The molecule has 0 aliphatic carbocycles. The number of halogens is 2. The highest BCUT2D eigenvalue weighted by molar-refractivity contribution is 7.14. The summed E-state index contributed by atoms with van der Waals surface area (Å²) in [6, 6.07) is 23.4. The first kappa shape index (κ1) is 23.3. The number of thiazole rings is 1. The first-order chi connectivity index (χ1) is 15.8. The number of hydrogen-bond acceptors (Lipinski definition) is 4. The minimum atomic E-state index is -0.285. The summed E-state index contributed by atoms with van der Waals surface area (Å²) < 4.78 is 5.67. The molecule has 0 saturated heterocycles. The van der Waals surface area contributed by atoms with Crippen LogP contribution in [0.2, 0.25) is 10.0 Å². The molecule has 0 fully saturated rings. The van der Waals surface area contributed by atoms with E-state index < -0.39 is 0 Å². The molecule has 3 aromatic carbocycles. The van der Waals surface area contributed by atoms with E-state index in [1.807, 2.05) is 47.8 Å². The first-order valence-corrected chi connectivity index (χ1v) is 12.0. The van der Waals surface area contributed by atoms with Gasteiger partial charge in [-0.25, -0.2) is 4.98 Å². The summed E-state index contributed by atoms with van der Waals surface area (Å²) in [5, 5.41) is 6.14. The lowest BCUT2D eigenvalue weighted by Crippen LogP contribution is -2.20. The molecule has 0 radical (unpaired) electrons. The highest BCUT2D eigenvalue weighted by Gasteiger charge is 2.22. The molecule has 1 N–H and O–H groups in total. The zero-order chi connectivity index (χ0) is 23.4. The van der Waals surface area contributed by atoms with E-state index in [0.29, 0.717) is 26.6 Å². The first-order valence-electron chi connectivity index (χ1n) is 10.3. The van der Waals surface area contributed by atoms with E-state index in [-0.39, 0.29) is 17.9 Å². The SMILES string of the molecule is CC(C)(c1ccccc1)c1ccc(OCC(=O)Nc2nc(-c3ccc(Cl)cc3Cl)cs2)cc1. The van der Waals surface area contributed by atoms with Crippen molar-refractivity contribution in [3.63, 3.8) is 0 Å². The summed E-state index contributed by atoms with van der Waals surface area (Å²) in [4.78, 5) is 16.8. The Balaban J connectivity index is 1.34. The second kappa shape index (κ2) is 9.96. The van der Waals surface area contributed by atoms with Crippen LogP contribution in [0, 0.1) is 0 Å². The van der Waals surface area contributed by atoms with Crippen LogP contribution in [0.3, 0.4) is 0 Å². The van der Waals surface area contributed by atoms with Gasteiger partial charge in [0.15, 0.2) is 11.7 Å². The third kappa shape index (κ3) is 5.56. The number of anilines is 1. The van der Waals surface area contributed by atoms with Gasteiger partial charge in [0.25, 0.3) is 5.91 Å². The molecular weight excluding hydrogens is 475 g/mol. The molecule has 4 aromatic rings. The zero-order valence-corrected chi connectivity index (χ0v) is 20.5. The number of aromatic nitrogens is 1. The second-order valence-electron chi connectivity index (χ2n) is 8.01. The summed E-state index contributed by atoms with van der Waals surface area (Å²) in [6.45, 7) is 4.26. The van der Waals surface area contributed by atoms with Gasteiger partial charge in [-0.15, -0.1) is 11.3 Å². The third-order valence-corrected chi connectivity index (χ3v) is 6.70. The third-order valence-electron chi connectivity index (χ3n) is 5.40. The molecule has 0 saturated carbocycles. The number of ether oxygens (including phenoxy) is 1. The van der Waals surface area contributed by atoms with Crippen LogP contribution < -0.4 is 10.1 Å². The molecule has 0 bridgehead atoms. The van der Waals surface area contributed by atoms with Crippen LogP contribution in [0.4, 0.5) is 5.13 Å². The van der Waals surface area contributed by atoms with Crippen molar-refractivity contribution in [3.05, 3.63) is 99.3 Å². The lowest BCUT2D eigenvalue weighted by atomic mass is 9.78. The van der Waals surface area contributed by atoms with E-state index >= 15 is 0 Å². The van der Waals surface area contributed by atoms with E-state index in [2.05, 4.69) is 36.3 Å². The zero-order valence-electron chi connectivity index (χ0n) is 18.1. The van der Waals surface area contributed by atoms with Crippen molar-refractivity contribution in [1.29, 1.82) is 0 Å². The monoisotopic (exact) mass is 496 g/mol. The minimum Gasteiger partial charge on any atom is -0.484 e. The number of carbonyl (C=O) groups excluding carboxylic acids is 1. The number of amides is 1. The second-order valence-corrected chi connectivity index (χ2v) is 9.72. The van der Waals surface area contributed by atoms with Crippen molar-refractivity contribution < 1.29 is 9.53 Å². The number of carbonyl (C=O) groups is 1. The molecule has 1 heterocycles. The molecule has 4 rings (SSSR count). The number of hydrogen-bond donors (Lipinski definition) is 1. The van der Waals surface area contributed by atoms with E-state index in [1.165, 1.54) is 22.5 Å². The number of rotatable bonds is 7. The molecular formula is C26H22Cl2N2O2S. The van der Waals surface area contributed by atoms with Crippen LogP contribution in [-0.2, 0) is 10.2 Å². The largest absolute Gasteiger partial charge is 0.484 e. The van der Waals surface area contributed by atoms with E-state index in [1.54, 1.807) is 18.2 Å². The maximum Gasteiger partial charge on any atom is 0.264 e. The standard InChI is InChI=1S/C26H22Cl2N2O2S/c1-26(2,17-6-4-3-5-7-17)18-8-11-20(12-9-18)32-15-24(31)30-25-29-23(16-33-25)21-13-10-19(27)14-22(21)28/h3-14,16H,15H2,1-2H3,(H,29,30,31). The van der Waals surface area contributed by atoms with Gasteiger partial charge in [-0.05, 0) is 41.5 Å². The average Bonchev–Trinajstić information content (AvgIpc) is 3.26. The highest BCUT2D eigenvalue weighted by atomic mass is 35.5. The normalized spacial score (nSPS) is 11.3. The maximum atomic E-state index is 12.3. The van der Waals surface area contributed by atoms with Crippen LogP contribution >= 0.6 is 34.5 Å². The Bertz CT molecular complexity index is 1260. The van der Waals surface area contributed by atoms with Gasteiger partial charge in [0.1, 0.15) is 5.75 Å². The quantitative estimate of drug-likeness (QED) is 0.288. The van der Waals surface area contributed by atoms with Crippen LogP contribution in [-0.4, -0.2) is 17.5 Å². The Kier molecular flexibility index (Phi) is 7.03. The fourth-order valence-electron chi connectivity index (χ4n) is 3.45. The molecule has 0 atom stereocenters. The predicted octanol–water partition coefficient (Wildman–Crippen LogP) is 7.46. The van der Waals surface area contributed by atoms with Crippen molar-refractivity contribution in [3.8, 4) is 17.0 Å². The van der Waals surface area contributed by atoms with E-state index in [4.69, 9.17) is 27.9 Å². The Morgan fingerprint density at radius 1 is 1.00 bits per heavy atom. The maximum absolute atomic E-state index is 12.3. The molecule has 33 heavy (non-hydrogen) atoms. The Hall–Kier alpha value is -2.86. The number of nitrogens with zero attached hydrogens (tertiary/aromatic N) is 1. The molecule has 4 nitrogen and oxygen atoms in total. The molecule has 1 amide bonds. The number of nitrogens with one attached hydrogen (secondary N) is 1. The topological polar surface area (TPSA) is 51.2 Å². The van der Waals surface area contributed by atoms with Gasteiger partial charge in [0.2, 0.25) is 0 Å². The molecule has 0 spiro atoms. The summed E-state index contributed by atoms with van der Waals surface area (Å²) in [5.41, 5.74) is 3.71.